The monoisotopic (exact) mass is 268 g/mol. The zero-order valence-electron chi connectivity index (χ0n) is 10.4. The van der Waals surface area contributed by atoms with Crippen LogP contribution < -0.4 is 5.73 Å². The van der Waals surface area contributed by atoms with Crippen LogP contribution in [0.25, 0.3) is 10.9 Å². The minimum atomic E-state index is -4.32. The van der Waals surface area contributed by atoms with Crippen molar-refractivity contribution in [3.05, 3.63) is 35.5 Å². The van der Waals surface area contributed by atoms with E-state index in [0.717, 1.165) is 24.6 Å². The van der Waals surface area contributed by atoms with Gasteiger partial charge in [0.25, 0.3) is 0 Å². The van der Waals surface area contributed by atoms with Gasteiger partial charge >= 0.3 is 6.18 Å². The van der Waals surface area contributed by atoms with Gasteiger partial charge in [0, 0.05) is 17.6 Å². The summed E-state index contributed by atoms with van der Waals surface area (Å²) in [6.45, 7) is 1.11. The molecule has 0 bridgehead atoms. The zero-order chi connectivity index (χ0) is 13.6. The molecule has 1 aromatic carbocycles. The Bertz CT molecular complexity index is 613. The molecule has 2 N–H and O–H groups in total. The highest BCUT2D eigenvalue weighted by Gasteiger charge is 2.34. The molecular formula is C14H15F3N2. The molecule has 0 spiro atoms. The van der Waals surface area contributed by atoms with Crippen LogP contribution in [-0.2, 0) is 19.1 Å². The Morgan fingerprint density at radius 1 is 1.32 bits per heavy atom. The second-order valence-electron chi connectivity index (χ2n) is 5.13. The third-order valence-electron chi connectivity index (χ3n) is 3.89. The molecule has 1 unspecified atom stereocenters. The van der Waals surface area contributed by atoms with Crippen LogP contribution in [-0.4, -0.2) is 11.1 Å². The van der Waals surface area contributed by atoms with Crippen LogP contribution >= 0.6 is 0 Å². The third kappa shape index (κ3) is 2.02. The highest BCUT2D eigenvalue weighted by atomic mass is 19.4. The second-order valence-corrected chi connectivity index (χ2v) is 5.13. The van der Waals surface area contributed by atoms with Crippen molar-refractivity contribution >= 4 is 10.9 Å². The molecule has 1 aromatic heterocycles. The predicted octanol–water partition coefficient (Wildman–Crippen LogP) is 3.18. The molecule has 0 aliphatic carbocycles. The average molecular weight is 268 g/mol. The molecule has 2 heterocycles. The van der Waals surface area contributed by atoms with Crippen molar-refractivity contribution in [2.24, 2.45) is 11.7 Å². The molecule has 5 heteroatoms. The number of aryl methyl sites for hydroxylation is 1. The molecule has 0 radical (unpaired) electrons. The molecule has 0 saturated heterocycles. The standard InChI is InChI=1S/C14H15F3N2/c15-14(16,17)12-3-1-2-10-6-11-5-4-9(7-18)8-19(11)13(10)12/h1-3,6,9H,4-5,7-8,18H2. The molecule has 102 valence electrons. The van der Waals surface area contributed by atoms with Gasteiger partial charge < -0.3 is 10.3 Å². The molecule has 3 rings (SSSR count). The lowest BCUT2D eigenvalue weighted by Crippen LogP contribution is -2.26. The van der Waals surface area contributed by atoms with Crippen molar-refractivity contribution in [3.63, 3.8) is 0 Å². The fourth-order valence-corrected chi connectivity index (χ4v) is 2.92. The summed E-state index contributed by atoms with van der Waals surface area (Å²) in [4.78, 5) is 0. The summed E-state index contributed by atoms with van der Waals surface area (Å²) in [5.74, 6) is 0.268. The van der Waals surface area contributed by atoms with E-state index >= 15 is 0 Å². The van der Waals surface area contributed by atoms with Gasteiger partial charge in [0.1, 0.15) is 0 Å². The summed E-state index contributed by atoms with van der Waals surface area (Å²) < 4.78 is 41.1. The number of nitrogens with two attached hydrogens (primary N) is 1. The minimum absolute atomic E-state index is 0.268. The molecule has 19 heavy (non-hydrogen) atoms. The van der Waals surface area contributed by atoms with Gasteiger partial charge in [0.2, 0.25) is 0 Å². The Morgan fingerprint density at radius 2 is 2.11 bits per heavy atom. The van der Waals surface area contributed by atoms with Crippen LogP contribution in [0.15, 0.2) is 24.3 Å². The number of para-hydroxylation sites is 1. The van der Waals surface area contributed by atoms with Gasteiger partial charge in [-0.1, -0.05) is 12.1 Å². The highest BCUT2D eigenvalue weighted by Crippen LogP contribution is 2.37. The Balaban J connectivity index is 2.23. The molecule has 1 aliphatic rings. The van der Waals surface area contributed by atoms with Gasteiger partial charge in [-0.05, 0) is 37.4 Å². The van der Waals surface area contributed by atoms with E-state index in [1.807, 2.05) is 6.07 Å². The first-order valence-electron chi connectivity index (χ1n) is 6.39. The quantitative estimate of drug-likeness (QED) is 0.846. The number of aromatic nitrogens is 1. The third-order valence-corrected chi connectivity index (χ3v) is 3.89. The molecule has 0 saturated carbocycles. The molecular weight excluding hydrogens is 253 g/mol. The van der Waals surface area contributed by atoms with E-state index < -0.39 is 11.7 Å². The summed E-state index contributed by atoms with van der Waals surface area (Å²) >= 11 is 0. The Labute approximate surface area is 109 Å². The van der Waals surface area contributed by atoms with Gasteiger partial charge in [-0.2, -0.15) is 13.2 Å². The van der Waals surface area contributed by atoms with Crippen LogP contribution in [0.2, 0.25) is 0 Å². The second kappa shape index (κ2) is 4.27. The molecule has 2 aromatic rings. The number of hydrogen-bond donors (Lipinski definition) is 1. The summed E-state index contributed by atoms with van der Waals surface area (Å²) in [5.41, 5.74) is 6.41. The van der Waals surface area contributed by atoms with Gasteiger partial charge in [-0.25, -0.2) is 0 Å². The van der Waals surface area contributed by atoms with Crippen molar-refractivity contribution in [2.75, 3.05) is 6.54 Å². The van der Waals surface area contributed by atoms with Gasteiger partial charge in [0.05, 0.1) is 11.1 Å². The number of rotatable bonds is 1. The molecule has 1 atom stereocenters. The summed E-state index contributed by atoms with van der Waals surface area (Å²) in [6.07, 6.45) is -2.56. The van der Waals surface area contributed by atoms with E-state index in [1.54, 1.807) is 10.6 Å². The smallest absolute Gasteiger partial charge is 0.344 e. The number of benzene rings is 1. The first kappa shape index (κ1) is 12.5. The summed E-state index contributed by atoms with van der Waals surface area (Å²) in [7, 11) is 0. The lowest BCUT2D eigenvalue weighted by Gasteiger charge is -2.25. The Morgan fingerprint density at radius 3 is 2.79 bits per heavy atom. The largest absolute Gasteiger partial charge is 0.418 e. The first-order chi connectivity index (χ1) is 9.00. The number of fused-ring (bicyclic) bond motifs is 3. The lowest BCUT2D eigenvalue weighted by atomic mass is 9.98. The van der Waals surface area contributed by atoms with E-state index in [1.165, 1.54) is 6.07 Å². The fraction of sp³-hybridized carbons (Fsp3) is 0.429. The van der Waals surface area contributed by atoms with Crippen LogP contribution in [0.1, 0.15) is 17.7 Å². The van der Waals surface area contributed by atoms with Crippen molar-refractivity contribution in [2.45, 2.75) is 25.6 Å². The predicted molar refractivity (Wildman–Crippen MR) is 67.8 cm³/mol. The number of hydrogen-bond acceptors (Lipinski definition) is 1. The van der Waals surface area contributed by atoms with Crippen LogP contribution in [0.3, 0.4) is 0 Å². The minimum Gasteiger partial charge on any atom is -0.344 e. The molecule has 0 fully saturated rings. The Hall–Kier alpha value is -1.49. The van der Waals surface area contributed by atoms with Gasteiger partial charge in [0.15, 0.2) is 0 Å². The van der Waals surface area contributed by atoms with Gasteiger partial charge in [-0.15, -0.1) is 0 Å². The normalized spacial score (nSPS) is 19.7. The summed E-state index contributed by atoms with van der Waals surface area (Å²) in [6, 6.07) is 6.24. The molecule has 0 amide bonds. The van der Waals surface area contributed by atoms with E-state index in [0.29, 0.717) is 24.0 Å². The van der Waals surface area contributed by atoms with Crippen LogP contribution in [0, 0.1) is 5.92 Å². The van der Waals surface area contributed by atoms with Crippen molar-refractivity contribution in [1.29, 1.82) is 0 Å². The first-order valence-corrected chi connectivity index (χ1v) is 6.39. The SMILES string of the molecule is NCC1CCc2cc3cccc(C(F)(F)F)c3n2C1. The maximum Gasteiger partial charge on any atom is 0.418 e. The number of nitrogens with zero attached hydrogens (tertiary/aromatic N) is 1. The zero-order valence-corrected chi connectivity index (χ0v) is 10.4. The lowest BCUT2D eigenvalue weighted by molar-refractivity contribution is -0.136. The summed E-state index contributed by atoms with van der Waals surface area (Å²) in [5, 5.41) is 0.669. The topological polar surface area (TPSA) is 30.9 Å². The fourth-order valence-electron chi connectivity index (χ4n) is 2.92. The maximum atomic E-state index is 13.1. The average Bonchev–Trinajstić information content (AvgIpc) is 2.74. The van der Waals surface area contributed by atoms with Crippen molar-refractivity contribution in [1.82, 2.24) is 4.57 Å². The van der Waals surface area contributed by atoms with Crippen LogP contribution in [0.5, 0.6) is 0 Å². The van der Waals surface area contributed by atoms with Crippen LogP contribution in [0.4, 0.5) is 13.2 Å². The highest BCUT2D eigenvalue weighted by molar-refractivity contribution is 5.85. The van der Waals surface area contributed by atoms with E-state index in [-0.39, 0.29) is 5.92 Å². The van der Waals surface area contributed by atoms with Crippen molar-refractivity contribution in [3.8, 4) is 0 Å². The van der Waals surface area contributed by atoms with E-state index in [9.17, 15) is 13.2 Å². The molecule has 2 nitrogen and oxygen atoms in total. The number of halogens is 3. The van der Waals surface area contributed by atoms with E-state index in [4.69, 9.17) is 5.73 Å². The van der Waals surface area contributed by atoms with E-state index in [2.05, 4.69) is 0 Å². The number of alkyl halides is 3. The maximum absolute atomic E-state index is 13.1. The van der Waals surface area contributed by atoms with Crippen molar-refractivity contribution < 1.29 is 13.2 Å². The Kier molecular flexibility index (Phi) is 2.82. The molecule has 1 aliphatic heterocycles. The van der Waals surface area contributed by atoms with Gasteiger partial charge in [-0.3, -0.25) is 0 Å².